The number of amides is 2. The Morgan fingerprint density at radius 1 is 1.11 bits per heavy atom. The molecule has 0 spiro atoms. The number of hydrogen-bond donors (Lipinski definition) is 1. The maximum atomic E-state index is 12.8. The van der Waals surface area contributed by atoms with Crippen molar-refractivity contribution in [2.75, 3.05) is 7.05 Å². The normalized spacial score (nSPS) is 12.6. The number of nitrogens with zero attached hydrogens (tertiary/aromatic N) is 4. The van der Waals surface area contributed by atoms with Crippen molar-refractivity contribution in [2.24, 2.45) is 5.41 Å². The van der Waals surface area contributed by atoms with Gasteiger partial charge < -0.3 is 10.2 Å². The molecule has 6 heteroatoms. The van der Waals surface area contributed by atoms with Crippen molar-refractivity contribution >= 4 is 17.1 Å². The summed E-state index contributed by atoms with van der Waals surface area (Å²) in [5, 5.41) is 3.15. The molecule has 0 saturated heterocycles. The first-order valence-corrected chi connectivity index (χ1v) is 9.44. The van der Waals surface area contributed by atoms with E-state index in [9.17, 15) is 4.79 Å². The quantitative estimate of drug-likeness (QED) is 0.718. The van der Waals surface area contributed by atoms with Gasteiger partial charge in [0.2, 0.25) is 0 Å². The minimum Gasteiger partial charge on any atom is -0.331 e. The third-order valence-electron chi connectivity index (χ3n) is 4.45. The number of urea groups is 1. The minimum atomic E-state index is -0.145. The van der Waals surface area contributed by atoms with Crippen molar-refractivity contribution in [3.63, 3.8) is 0 Å². The van der Waals surface area contributed by atoms with Crippen LogP contribution in [0.4, 0.5) is 4.79 Å². The molecule has 2 heterocycles. The molecule has 3 rings (SSSR count). The van der Waals surface area contributed by atoms with E-state index in [4.69, 9.17) is 0 Å². The molecule has 0 aliphatic carbocycles. The van der Waals surface area contributed by atoms with E-state index in [0.29, 0.717) is 6.54 Å². The number of fused-ring (bicyclic) bond motifs is 1. The number of para-hydroxylation sites is 2. The van der Waals surface area contributed by atoms with Crippen LogP contribution < -0.4 is 5.32 Å². The number of nitrogens with one attached hydrogen (secondary N) is 1. The summed E-state index contributed by atoms with van der Waals surface area (Å²) in [6.45, 7) is 6.88. The van der Waals surface area contributed by atoms with Gasteiger partial charge in [0.25, 0.3) is 0 Å². The Morgan fingerprint density at radius 3 is 2.54 bits per heavy atom. The molecular weight excluding hydrogens is 350 g/mol. The maximum absolute atomic E-state index is 12.8. The van der Waals surface area contributed by atoms with Gasteiger partial charge in [0.05, 0.1) is 35.5 Å². The third-order valence-corrected chi connectivity index (χ3v) is 4.45. The number of hydrogen-bond acceptors (Lipinski definition) is 4. The number of carbonyl (C=O) groups excluding carboxylic acids is 1. The lowest BCUT2D eigenvalue weighted by atomic mass is 9.86. The zero-order valence-electron chi connectivity index (χ0n) is 16.9. The summed E-state index contributed by atoms with van der Waals surface area (Å²) >= 11 is 0. The van der Waals surface area contributed by atoms with Crippen molar-refractivity contribution in [3.8, 4) is 0 Å². The van der Waals surface area contributed by atoms with Gasteiger partial charge in [-0.05, 0) is 35.6 Å². The Bertz CT molecular complexity index is 936. The SMILES string of the molecule is CN(Cc1cnc2ccccc2n1)C(=O)N[C@H](CC(C)(C)C)c1cccnc1. The van der Waals surface area contributed by atoms with Gasteiger partial charge in [0.15, 0.2) is 0 Å². The average Bonchev–Trinajstić information content (AvgIpc) is 2.67. The number of rotatable bonds is 5. The molecular formula is C22H27N5O. The van der Waals surface area contributed by atoms with Crippen LogP contribution >= 0.6 is 0 Å². The summed E-state index contributed by atoms with van der Waals surface area (Å²) in [6.07, 6.45) is 6.09. The second-order valence-corrected chi connectivity index (χ2v) is 8.26. The Kier molecular flexibility index (Phi) is 5.87. The second kappa shape index (κ2) is 8.33. The number of carbonyl (C=O) groups is 1. The Hall–Kier alpha value is -3.02. The Labute approximate surface area is 166 Å². The number of pyridine rings is 1. The number of benzene rings is 1. The molecule has 0 unspecified atom stereocenters. The van der Waals surface area contributed by atoms with Gasteiger partial charge in [-0.3, -0.25) is 9.97 Å². The van der Waals surface area contributed by atoms with Gasteiger partial charge in [-0.25, -0.2) is 9.78 Å². The van der Waals surface area contributed by atoms with Crippen molar-refractivity contribution in [1.82, 2.24) is 25.2 Å². The van der Waals surface area contributed by atoms with E-state index in [1.807, 2.05) is 42.6 Å². The fourth-order valence-corrected chi connectivity index (χ4v) is 3.09. The molecule has 0 radical (unpaired) electrons. The topological polar surface area (TPSA) is 71.0 Å². The largest absolute Gasteiger partial charge is 0.331 e. The van der Waals surface area contributed by atoms with Crippen LogP contribution in [0, 0.1) is 5.41 Å². The first-order valence-electron chi connectivity index (χ1n) is 9.44. The predicted octanol–water partition coefficient (Wildman–Crippen LogP) is 4.34. The molecule has 1 aromatic carbocycles. The lowest BCUT2D eigenvalue weighted by molar-refractivity contribution is 0.196. The summed E-state index contributed by atoms with van der Waals surface area (Å²) in [4.78, 5) is 27.7. The molecule has 0 saturated carbocycles. The summed E-state index contributed by atoms with van der Waals surface area (Å²) < 4.78 is 0. The van der Waals surface area contributed by atoms with Crippen molar-refractivity contribution in [3.05, 3.63) is 66.2 Å². The zero-order chi connectivity index (χ0) is 20.1. The zero-order valence-corrected chi connectivity index (χ0v) is 16.9. The first kappa shape index (κ1) is 19.7. The first-order chi connectivity index (χ1) is 13.3. The van der Waals surface area contributed by atoms with Crippen molar-refractivity contribution in [1.29, 1.82) is 0 Å². The lowest BCUT2D eigenvalue weighted by Gasteiger charge is -2.29. The maximum Gasteiger partial charge on any atom is 0.317 e. The third kappa shape index (κ3) is 5.25. The molecule has 2 amide bonds. The summed E-state index contributed by atoms with van der Waals surface area (Å²) in [7, 11) is 1.77. The molecule has 0 aliphatic rings. The van der Waals surface area contributed by atoms with E-state index in [2.05, 4.69) is 41.0 Å². The van der Waals surface area contributed by atoms with Crippen molar-refractivity contribution in [2.45, 2.75) is 39.8 Å². The van der Waals surface area contributed by atoms with Crippen LogP contribution in [0.15, 0.2) is 55.0 Å². The smallest absolute Gasteiger partial charge is 0.317 e. The average molecular weight is 377 g/mol. The van der Waals surface area contributed by atoms with Gasteiger partial charge in [0.1, 0.15) is 0 Å². The van der Waals surface area contributed by atoms with Crippen LogP contribution in [-0.2, 0) is 6.54 Å². The van der Waals surface area contributed by atoms with E-state index in [1.54, 1.807) is 24.3 Å². The molecule has 0 fully saturated rings. The van der Waals surface area contributed by atoms with E-state index < -0.39 is 0 Å². The molecule has 3 aromatic rings. The van der Waals surface area contributed by atoms with E-state index in [1.165, 1.54) is 0 Å². The van der Waals surface area contributed by atoms with E-state index >= 15 is 0 Å². The highest BCUT2D eigenvalue weighted by Gasteiger charge is 2.23. The van der Waals surface area contributed by atoms with E-state index in [-0.39, 0.29) is 17.5 Å². The summed E-state index contributed by atoms with van der Waals surface area (Å²) in [5.41, 5.74) is 3.50. The molecule has 1 N–H and O–H groups in total. The Balaban J connectivity index is 1.71. The van der Waals surface area contributed by atoms with Crippen molar-refractivity contribution < 1.29 is 4.79 Å². The highest BCUT2D eigenvalue weighted by atomic mass is 16.2. The lowest BCUT2D eigenvalue weighted by Crippen LogP contribution is -2.40. The summed E-state index contributed by atoms with van der Waals surface area (Å²) in [6, 6.07) is 11.4. The summed E-state index contributed by atoms with van der Waals surface area (Å²) in [5.74, 6) is 0. The molecule has 0 aliphatic heterocycles. The fourth-order valence-electron chi connectivity index (χ4n) is 3.09. The molecule has 1 atom stereocenters. The highest BCUT2D eigenvalue weighted by Crippen LogP contribution is 2.29. The molecule has 6 nitrogen and oxygen atoms in total. The van der Waals surface area contributed by atoms with Crippen LogP contribution in [0.3, 0.4) is 0 Å². The van der Waals surface area contributed by atoms with Gasteiger partial charge in [-0.2, -0.15) is 0 Å². The van der Waals surface area contributed by atoms with Gasteiger partial charge >= 0.3 is 6.03 Å². The van der Waals surface area contributed by atoms with Crippen LogP contribution in [0.5, 0.6) is 0 Å². The van der Waals surface area contributed by atoms with Gasteiger partial charge in [-0.1, -0.05) is 39.0 Å². The molecule has 0 bridgehead atoms. The van der Waals surface area contributed by atoms with Gasteiger partial charge in [0, 0.05) is 19.4 Å². The molecule has 2 aromatic heterocycles. The van der Waals surface area contributed by atoms with Gasteiger partial charge in [-0.15, -0.1) is 0 Å². The monoisotopic (exact) mass is 377 g/mol. The van der Waals surface area contributed by atoms with Crippen LogP contribution in [-0.4, -0.2) is 32.9 Å². The second-order valence-electron chi connectivity index (χ2n) is 8.26. The highest BCUT2D eigenvalue weighted by molar-refractivity contribution is 5.75. The number of aromatic nitrogens is 3. The van der Waals surface area contributed by atoms with E-state index in [0.717, 1.165) is 28.7 Å². The molecule has 28 heavy (non-hydrogen) atoms. The fraction of sp³-hybridized carbons (Fsp3) is 0.364. The molecule has 146 valence electrons. The Morgan fingerprint density at radius 2 is 1.86 bits per heavy atom. The predicted molar refractivity (Wildman–Crippen MR) is 111 cm³/mol. The standard InChI is InChI=1S/C22H27N5O/c1-22(2,3)12-20(16-8-7-11-23-13-16)26-21(28)27(4)15-17-14-24-18-9-5-6-10-19(18)25-17/h5-11,13-14,20H,12,15H2,1-4H3,(H,26,28)/t20-/m1/s1. The van der Waals surface area contributed by atoms with Crippen LogP contribution in [0.1, 0.15) is 44.5 Å². The minimum absolute atomic E-state index is 0.0657. The van der Waals surface area contributed by atoms with Crippen LogP contribution in [0.25, 0.3) is 11.0 Å². The van der Waals surface area contributed by atoms with Crippen LogP contribution in [0.2, 0.25) is 0 Å².